The van der Waals surface area contributed by atoms with Crippen LogP contribution in [0.15, 0.2) is 23.1 Å². The van der Waals surface area contributed by atoms with E-state index in [0.29, 0.717) is 24.3 Å². The summed E-state index contributed by atoms with van der Waals surface area (Å²) < 4.78 is 22.4. The van der Waals surface area contributed by atoms with Crippen LogP contribution in [0.4, 0.5) is 11.4 Å². The van der Waals surface area contributed by atoms with Gasteiger partial charge in [0.25, 0.3) is 0 Å². The zero-order valence-corrected chi connectivity index (χ0v) is 10.2. The number of hydrogen-bond acceptors (Lipinski definition) is 5. The number of rotatable bonds is 4. The van der Waals surface area contributed by atoms with E-state index in [0.717, 1.165) is 0 Å². The number of nitriles is 1. The number of nitrogens with two attached hydrogens (primary N) is 2. The Bertz CT molecular complexity index is 548. The van der Waals surface area contributed by atoms with Gasteiger partial charge in [0, 0.05) is 13.6 Å². The van der Waals surface area contributed by atoms with E-state index < -0.39 is 10.0 Å². The second-order valence-corrected chi connectivity index (χ2v) is 5.16. The summed E-state index contributed by atoms with van der Waals surface area (Å²) in [5.41, 5.74) is 6.74. The van der Waals surface area contributed by atoms with E-state index in [2.05, 4.69) is 0 Å². The van der Waals surface area contributed by atoms with Crippen LogP contribution in [-0.2, 0) is 10.0 Å². The van der Waals surface area contributed by atoms with Crippen molar-refractivity contribution in [1.29, 1.82) is 5.26 Å². The lowest BCUT2D eigenvalue weighted by atomic mass is 10.2. The van der Waals surface area contributed by atoms with Gasteiger partial charge >= 0.3 is 0 Å². The van der Waals surface area contributed by atoms with Crippen molar-refractivity contribution in [2.75, 3.05) is 24.2 Å². The number of nitrogens with zero attached hydrogens (tertiary/aromatic N) is 2. The summed E-state index contributed by atoms with van der Waals surface area (Å²) in [4.78, 5) is 1.72. The molecule has 17 heavy (non-hydrogen) atoms. The molecule has 0 bridgehead atoms. The third-order valence-corrected chi connectivity index (χ3v) is 3.21. The van der Waals surface area contributed by atoms with Crippen LogP contribution in [0.25, 0.3) is 0 Å². The van der Waals surface area contributed by atoms with Crippen LogP contribution in [0.2, 0.25) is 0 Å². The maximum absolute atomic E-state index is 11.2. The van der Waals surface area contributed by atoms with Crippen molar-refractivity contribution >= 4 is 21.4 Å². The third kappa shape index (κ3) is 3.34. The molecule has 0 aliphatic rings. The van der Waals surface area contributed by atoms with Crippen molar-refractivity contribution in [2.45, 2.75) is 11.3 Å². The van der Waals surface area contributed by atoms with Crippen molar-refractivity contribution in [2.24, 2.45) is 5.14 Å². The fraction of sp³-hybridized carbons (Fsp3) is 0.300. The second-order valence-electron chi connectivity index (χ2n) is 3.60. The highest BCUT2D eigenvalue weighted by Gasteiger charge is 2.12. The predicted molar refractivity (Wildman–Crippen MR) is 65.7 cm³/mol. The van der Waals surface area contributed by atoms with Gasteiger partial charge in [0.1, 0.15) is 0 Å². The van der Waals surface area contributed by atoms with Gasteiger partial charge in [-0.2, -0.15) is 5.26 Å². The normalized spacial score (nSPS) is 10.9. The smallest absolute Gasteiger partial charge is 0.238 e. The first-order chi connectivity index (χ1) is 7.86. The van der Waals surface area contributed by atoms with Gasteiger partial charge in [-0.05, 0) is 18.2 Å². The first kappa shape index (κ1) is 13.3. The molecule has 92 valence electrons. The zero-order valence-electron chi connectivity index (χ0n) is 9.42. The van der Waals surface area contributed by atoms with Gasteiger partial charge in [-0.1, -0.05) is 0 Å². The quantitative estimate of drug-likeness (QED) is 0.748. The number of anilines is 2. The molecular formula is C10H14N4O2S. The van der Waals surface area contributed by atoms with E-state index in [9.17, 15) is 8.42 Å². The Morgan fingerprint density at radius 2 is 2.12 bits per heavy atom. The molecule has 0 aromatic heterocycles. The first-order valence-corrected chi connectivity index (χ1v) is 6.41. The molecule has 6 nitrogen and oxygen atoms in total. The molecule has 0 aliphatic heterocycles. The fourth-order valence-corrected chi connectivity index (χ4v) is 1.90. The molecule has 0 amide bonds. The maximum Gasteiger partial charge on any atom is 0.238 e. The Hall–Kier alpha value is -1.78. The summed E-state index contributed by atoms with van der Waals surface area (Å²) in [6, 6.07) is 6.25. The first-order valence-electron chi connectivity index (χ1n) is 4.86. The molecule has 1 aromatic carbocycles. The molecule has 0 fully saturated rings. The van der Waals surface area contributed by atoms with Crippen molar-refractivity contribution in [3.8, 4) is 6.07 Å². The van der Waals surface area contributed by atoms with Gasteiger partial charge in [0.2, 0.25) is 10.0 Å². The summed E-state index contributed by atoms with van der Waals surface area (Å²) in [6.45, 7) is 0.467. The average molecular weight is 254 g/mol. The zero-order chi connectivity index (χ0) is 13.1. The number of hydrogen-bond donors (Lipinski definition) is 2. The van der Waals surface area contributed by atoms with Crippen molar-refractivity contribution in [1.82, 2.24) is 0 Å². The van der Waals surface area contributed by atoms with Gasteiger partial charge in [0.05, 0.1) is 28.8 Å². The molecule has 1 rings (SSSR count). The topological polar surface area (TPSA) is 113 Å². The minimum absolute atomic E-state index is 0.00510. The minimum Gasteiger partial charge on any atom is -0.397 e. The van der Waals surface area contributed by atoms with Gasteiger partial charge in [-0.15, -0.1) is 0 Å². The summed E-state index contributed by atoms with van der Waals surface area (Å²) in [7, 11) is -2.01. The van der Waals surface area contributed by atoms with Gasteiger partial charge in [-0.3, -0.25) is 0 Å². The second kappa shape index (κ2) is 5.03. The van der Waals surface area contributed by atoms with Crippen LogP contribution in [0.3, 0.4) is 0 Å². The van der Waals surface area contributed by atoms with E-state index in [4.69, 9.17) is 16.1 Å². The summed E-state index contributed by atoms with van der Waals surface area (Å²) in [5, 5.41) is 13.5. The number of sulfonamides is 1. The van der Waals surface area contributed by atoms with Gasteiger partial charge in [0.15, 0.2) is 0 Å². The molecule has 0 saturated heterocycles. The fourth-order valence-electron chi connectivity index (χ4n) is 1.37. The Morgan fingerprint density at radius 1 is 1.47 bits per heavy atom. The standard InChI is InChI=1S/C10H14N4O2S/c1-14(6-2-5-11)10-7-8(17(13,15)16)3-4-9(10)12/h3-4,7H,2,6,12H2,1H3,(H2,13,15,16). The Balaban J connectivity index is 3.12. The van der Waals surface area contributed by atoms with Crippen molar-refractivity contribution < 1.29 is 8.42 Å². The summed E-state index contributed by atoms with van der Waals surface area (Å²) in [6.07, 6.45) is 0.329. The van der Waals surface area contributed by atoms with E-state index in [1.54, 1.807) is 11.9 Å². The lowest BCUT2D eigenvalue weighted by molar-refractivity contribution is 0.598. The predicted octanol–water partition coefficient (Wildman–Crippen LogP) is 0.266. The van der Waals surface area contributed by atoms with Crippen LogP contribution in [0, 0.1) is 11.3 Å². The van der Waals surface area contributed by atoms with Crippen LogP contribution in [0.5, 0.6) is 0 Å². The lowest BCUT2D eigenvalue weighted by Crippen LogP contribution is -2.20. The molecule has 0 radical (unpaired) electrons. The molecule has 4 N–H and O–H groups in total. The van der Waals surface area contributed by atoms with Crippen molar-refractivity contribution in [3.63, 3.8) is 0 Å². The molecule has 0 aliphatic carbocycles. The molecular weight excluding hydrogens is 240 g/mol. The number of primary sulfonamides is 1. The molecule has 0 heterocycles. The van der Waals surface area contributed by atoms with E-state index in [1.165, 1.54) is 18.2 Å². The van der Waals surface area contributed by atoms with Crippen LogP contribution in [0.1, 0.15) is 6.42 Å². The summed E-state index contributed by atoms with van der Waals surface area (Å²) >= 11 is 0. The highest BCUT2D eigenvalue weighted by atomic mass is 32.2. The highest BCUT2D eigenvalue weighted by molar-refractivity contribution is 7.89. The van der Waals surface area contributed by atoms with E-state index in [1.807, 2.05) is 6.07 Å². The van der Waals surface area contributed by atoms with Crippen LogP contribution >= 0.6 is 0 Å². The Labute approximate surface area is 100 Å². The van der Waals surface area contributed by atoms with Gasteiger partial charge in [-0.25, -0.2) is 13.6 Å². The van der Waals surface area contributed by atoms with Crippen molar-refractivity contribution in [3.05, 3.63) is 18.2 Å². The molecule has 0 saturated carbocycles. The average Bonchev–Trinajstić information content (AvgIpc) is 2.24. The molecule has 7 heteroatoms. The van der Waals surface area contributed by atoms with Gasteiger partial charge < -0.3 is 10.6 Å². The van der Waals surface area contributed by atoms with E-state index >= 15 is 0 Å². The van der Waals surface area contributed by atoms with E-state index in [-0.39, 0.29) is 4.90 Å². The monoisotopic (exact) mass is 254 g/mol. The molecule has 0 spiro atoms. The summed E-state index contributed by atoms with van der Waals surface area (Å²) in [5.74, 6) is 0. The van der Waals surface area contributed by atoms with Crippen LogP contribution < -0.4 is 15.8 Å². The highest BCUT2D eigenvalue weighted by Crippen LogP contribution is 2.25. The Morgan fingerprint density at radius 3 is 2.65 bits per heavy atom. The minimum atomic E-state index is -3.74. The number of benzene rings is 1. The molecule has 1 aromatic rings. The Kier molecular flexibility index (Phi) is 3.93. The number of nitrogen functional groups attached to an aromatic ring is 1. The molecule has 0 atom stereocenters. The SMILES string of the molecule is CN(CCC#N)c1cc(S(N)(=O)=O)ccc1N. The third-order valence-electron chi connectivity index (χ3n) is 2.30. The maximum atomic E-state index is 11.2. The van der Waals surface area contributed by atoms with Crippen LogP contribution in [-0.4, -0.2) is 22.0 Å². The lowest BCUT2D eigenvalue weighted by Gasteiger charge is -2.20. The largest absolute Gasteiger partial charge is 0.397 e. The molecule has 0 unspecified atom stereocenters.